The molecule has 4 fully saturated rings. The molecule has 0 spiro atoms. The van der Waals surface area contributed by atoms with Gasteiger partial charge in [0.05, 0.1) is 5.92 Å². The molecule has 8 nitrogen and oxygen atoms in total. The normalized spacial score (nSPS) is 30.3. The second-order valence-electron chi connectivity index (χ2n) is 10.2. The van der Waals surface area contributed by atoms with Gasteiger partial charge >= 0.3 is 6.03 Å². The summed E-state index contributed by atoms with van der Waals surface area (Å²) in [6, 6.07) is 8.04. The fraction of sp³-hybridized carbons (Fsp3) is 0.640. The SMILES string of the molecule is Cc1ccc(CN2C(=O)C3CCC(C(=O)NC4CCCCC4)CC3N3C(=O)N(C)NC23)cc1. The Balaban J connectivity index is 1.33. The van der Waals surface area contributed by atoms with Crippen molar-refractivity contribution in [1.82, 2.24) is 25.6 Å². The van der Waals surface area contributed by atoms with E-state index in [9.17, 15) is 14.4 Å². The third-order valence-electron chi connectivity index (χ3n) is 7.95. The van der Waals surface area contributed by atoms with Gasteiger partial charge in [-0.25, -0.2) is 4.79 Å². The van der Waals surface area contributed by atoms with Crippen molar-refractivity contribution in [2.75, 3.05) is 7.05 Å². The van der Waals surface area contributed by atoms with Crippen molar-refractivity contribution >= 4 is 17.8 Å². The number of aryl methyl sites for hydroxylation is 1. The Morgan fingerprint density at radius 1 is 1.06 bits per heavy atom. The number of hydrogen-bond acceptors (Lipinski definition) is 4. The van der Waals surface area contributed by atoms with Crippen LogP contribution in [0.15, 0.2) is 24.3 Å². The van der Waals surface area contributed by atoms with E-state index in [1.807, 2.05) is 31.2 Å². The molecule has 4 atom stereocenters. The summed E-state index contributed by atoms with van der Waals surface area (Å²) in [5.74, 6) is -0.241. The van der Waals surface area contributed by atoms with E-state index < -0.39 is 6.29 Å². The molecule has 5 rings (SSSR count). The molecule has 2 aliphatic heterocycles. The lowest BCUT2D eigenvalue weighted by Crippen LogP contribution is -2.66. The zero-order valence-electron chi connectivity index (χ0n) is 19.6. The highest BCUT2D eigenvalue weighted by Crippen LogP contribution is 2.40. The molecule has 0 bridgehead atoms. The van der Waals surface area contributed by atoms with Gasteiger partial charge in [-0.1, -0.05) is 49.1 Å². The summed E-state index contributed by atoms with van der Waals surface area (Å²) in [6.45, 7) is 2.49. The molecule has 0 radical (unpaired) electrons. The topological polar surface area (TPSA) is 85.0 Å². The molecule has 4 aliphatic rings. The molecule has 4 unspecified atom stereocenters. The third-order valence-corrected chi connectivity index (χ3v) is 7.95. The van der Waals surface area contributed by atoms with Crippen LogP contribution in [0.4, 0.5) is 4.79 Å². The summed E-state index contributed by atoms with van der Waals surface area (Å²) >= 11 is 0. The van der Waals surface area contributed by atoms with Crippen LogP contribution in [0.25, 0.3) is 0 Å². The maximum absolute atomic E-state index is 13.6. The predicted octanol–water partition coefficient (Wildman–Crippen LogP) is 2.73. The van der Waals surface area contributed by atoms with Crippen molar-refractivity contribution in [3.8, 4) is 0 Å². The van der Waals surface area contributed by atoms with E-state index in [1.54, 1.807) is 16.8 Å². The molecule has 2 N–H and O–H groups in total. The van der Waals surface area contributed by atoms with Crippen molar-refractivity contribution in [3.63, 3.8) is 0 Å². The van der Waals surface area contributed by atoms with Crippen LogP contribution >= 0.6 is 0 Å². The lowest BCUT2D eigenvalue weighted by atomic mass is 9.75. The number of urea groups is 1. The smallest absolute Gasteiger partial charge is 0.337 e. The van der Waals surface area contributed by atoms with Gasteiger partial charge in [0.2, 0.25) is 11.8 Å². The Morgan fingerprint density at radius 2 is 1.79 bits per heavy atom. The van der Waals surface area contributed by atoms with Crippen LogP contribution in [-0.2, 0) is 16.1 Å². The molecule has 2 aliphatic carbocycles. The van der Waals surface area contributed by atoms with Crippen LogP contribution in [0.1, 0.15) is 62.5 Å². The number of carbonyl (C=O) groups is 3. The van der Waals surface area contributed by atoms with E-state index in [-0.39, 0.29) is 41.8 Å². The molecule has 4 amide bonds. The molecule has 2 heterocycles. The number of fused-ring (bicyclic) bond motifs is 3. The maximum atomic E-state index is 13.6. The van der Waals surface area contributed by atoms with Gasteiger partial charge in [-0.05, 0) is 44.6 Å². The van der Waals surface area contributed by atoms with Gasteiger partial charge in [-0.3, -0.25) is 19.5 Å². The number of carbonyl (C=O) groups excluding carboxylic acids is 3. The number of rotatable bonds is 4. The summed E-state index contributed by atoms with van der Waals surface area (Å²) in [7, 11) is 1.69. The van der Waals surface area contributed by atoms with Crippen LogP contribution in [0.3, 0.4) is 0 Å². The molecule has 1 aromatic rings. The fourth-order valence-electron chi connectivity index (χ4n) is 6.05. The van der Waals surface area contributed by atoms with E-state index in [0.29, 0.717) is 25.8 Å². The zero-order valence-corrected chi connectivity index (χ0v) is 19.6. The summed E-state index contributed by atoms with van der Waals surface area (Å²) in [5.41, 5.74) is 5.38. The van der Waals surface area contributed by atoms with E-state index in [1.165, 1.54) is 29.8 Å². The van der Waals surface area contributed by atoms with Crippen LogP contribution in [0, 0.1) is 18.8 Å². The van der Waals surface area contributed by atoms with Gasteiger partial charge in [-0.15, -0.1) is 0 Å². The Hall–Kier alpha value is -2.61. The van der Waals surface area contributed by atoms with E-state index in [0.717, 1.165) is 18.4 Å². The molecule has 0 aromatic heterocycles. The first kappa shape index (κ1) is 22.2. The average molecular weight is 454 g/mol. The highest BCUT2D eigenvalue weighted by Gasteiger charge is 2.55. The predicted molar refractivity (Wildman–Crippen MR) is 123 cm³/mol. The number of nitrogens with zero attached hydrogens (tertiary/aromatic N) is 3. The summed E-state index contributed by atoms with van der Waals surface area (Å²) in [6.07, 6.45) is 7.07. The van der Waals surface area contributed by atoms with Gasteiger partial charge < -0.3 is 10.2 Å². The van der Waals surface area contributed by atoms with Gasteiger partial charge in [0, 0.05) is 31.6 Å². The lowest BCUT2D eigenvalue weighted by molar-refractivity contribution is -0.159. The molecule has 33 heavy (non-hydrogen) atoms. The van der Waals surface area contributed by atoms with Crippen LogP contribution in [0.2, 0.25) is 0 Å². The first-order valence-corrected chi connectivity index (χ1v) is 12.4. The largest absolute Gasteiger partial charge is 0.353 e. The van der Waals surface area contributed by atoms with Crippen molar-refractivity contribution in [3.05, 3.63) is 35.4 Å². The molecule has 178 valence electrons. The van der Waals surface area contributed by atoms with Crippen molar-refractivity contribution in [1.29, 1.82) is 0 Å². The second kappa shape index (κ2) is 8.97. The Labute approximate surface area is 195 Å². The highest BCUT2D eigenvalue weighted by molar-refractivity contribution is 5.86. The minimum absolute atomic E-state index is 0.0727. The highest BCUT2D eigenvalue weighted by atomic mass is 16.2. The Bertz CT molecular complexity index is 913. The molecule has 2 saturated heterocycles. The summed E-state index contributed by atoms with van der Waals surface area (Å²) in [5, 5.41) is 4.72. The van der Waals surface area contributed by atoms with Gasteiger partial charge in [0.25, 0.3) is 0 Å². The number of benzene rings is 1. The number of nitrogens with one attached hydrogen (secondary N) is 2. The van der Waals surface area contributed by atoms with Crippen molar-refractivity contribution < 1.29 is 14.4 Å². The van der Waals surface area contributed by atoms with Crippen LogP contribution in [-0.4, -0.2) is 58.1 Å². The summed E-state index contributed by atoms with van der Waals surface area (Å²) in [4.78, 5) is 43.3. The van der Waals surface area contributed by atoms with E-state index in [2.05, 4.69) is 10.7 Å². The van der Waals surface area contributed by atoms with E-state index in [4.69, 9.17) is 0 Å². The minimum Gasteiger partial charge on any atom is -0.353 e. The van der Waals surface area contributed by atoms with Gasteiger partial charge in [-0.2, -0.15) is 5.43 Å². The third kappa shape index (κ3) is 4.21. The first-order valence-electron chi connectivity index (χ1n) is 12.4. The standard InChI is InChI=1S/C25H35N5O3/c1-16-8-10-17(11-9-16)15-29-23(32)20-13-12-18(22(31)26-19-6-4-3-5-7-19)14-21(20)30-24(29)27-28(2)25(30)33/h8-11,18-21,24,27H,3-7,12-15H2,1-2H3,(H,26,31). The molecule has 8 heteroatoms. The molecular weight excluding hydrogens is 418 g/mol. The molecule has 1 aromatic carbocycles. The van der Waals surface area contributed by atoms with Gasteiger partial charge in [0.15, 0.2) is 6.29 Å². The molecular formula is C25H35N5O3. The number of amides is 4. The Kier molecular flexibility index (Phi) is 6.03. The van der Waals surface area contributed by atoms with Crippen molar-refractivity contribution in [2.45, 2.75) is 83.2 Å². The number of hydrogen-bond donors (Lipinski definition) is 2. The zero-order chi connectivity index (χ0) is 23.1. The minimum atomic E-state index is -0.516. The molecule has 2 saturated carbocycles. The lowest BCUT2D eigenvalue weighted by Gasteiger charge is -2.50. The Morgan fingerprint density at radius 3 is 2.52 bits per heavy atom. The maximum Gasteiger partial charge on any atom is 0.337 e. The van der Waals surface area contributed by atoms with Crippen LogP contribution in [0.5, 0.6) is 0 Å². The average Bonchev–Trinajstić information content (AvgIpc) is 3.12. The van der Waals surface area contributed by atoms with Crippen molar-refractivity contribution in [2.24, 2.45) is 11.8 Å². The van der Waals surface area contributed by atoms with Gasteiger partial charge in [0.1, 0.15) is 0 Å². The second-order valence-corrected chi connectivity index (χ2v) is 10.2. The quantitative estimate of drug-likeness (QED) is 0.734. The van der Waals surface area contributed by atoms with E-state index >= 15 is 0 Å². The first-order chi connectivity index (χ1) is 15.9. The summed E-state index contributed by atoms with van der Waals surface area (Å²) < 4.78 is 0. The fourth-order valence-corrected chi connectivity index (χ4v) is 6.05. The van der Waals surface area contributed by atoms with Crippen LogP contribution < -0.4 is 10.7 Å². The number of hydrazine groups is 1. The monoisotopic (exact) mass is 453 g/mol.